The fourth-order valence-electron chi connectivity index (χ4n) is 1.39. The Bertz CT molecular complexity index is 530. The molecule has 2 aromatic carbocycles. The lowest BCUT2D eigenvalue weighted by atomic mass is 10.1. The smallest absolute Gasteiger partial charge is 0.211 e. The molecule has 0 amide bonds. The Kier molecular flexibility index (Phi) is 2.61. The summed E-state index contributed by atoms with van der Waals surface area (Å²) < 4.78 is 0.963. The van der Waals surface area contributed by atoms with Crippen LogP contribution in [0.4, 0.5) is 5.69 Å². The Morgan fingerprint density at radius 1 is 1.14 bits per heavy atom. The molecule has 0 heterocycles. The van der Waals surface area contributed by atoms with Gasteiger partial charge in [0.25, 0.3) is 0 Å². The van der Waals surface area contributed by atoms with Gasteiger partial charge in [0.05, 0.1) is 5.69 Å². The van der Waals surface area contributed by atoms with E-state index in [1.54, 1.807) is 6.08 Å². The maximum absolute atomic E-state index is 10.3. The molecule has 0 radical (unpaired) electrons. The number of aliphatic imine (C=N–C) groups is 1. The average Bonchev–Trinajstić information content (AvgIpc) is 2.23. The summed E-state index contributed by atoms with van der Waals surface area (Å²) in [4.78, 5) is 14.0. The molecular formula is C11H6INO. The Hall–Kier alpha value is -1.19. The van der Waals surface area contributed by atoms with Crippen LogP contribution in [0.15, 0.2) is 41.4 Å². The summed E-state index contributed by atoms with van der Waals surface area (Å²) in [5.41, 5.74) is 0.707. The first kappa shape index (κ1) is 9.37. The van der Waals surface area contributed by atoms with Crippen molar-refractivity contribution in [3.05, 3.63) is 40.0 Å². The summed E-state index contributed by atoms with van der Waals surface area (Å²) in [6.45, 7) is 0. The van der Waals surface area contributed by atoms with Crippen LogP contribution in [-0.4, -0.2) is 6.08 Å². The van der Waals surface area contributed by atoms with Crippen LogP contribution >= 0.6 is 22.6 Å². The van der Waals surface area contributed by atoms with Gasteiger partial charge in [0.2, 0.25) is 6.08 Å². The molecule has 0 aliphatic carbocycles. The van der Waals surface area contributed by atoms with E-state index < -0.39 is 0 Å². The highest BCUT2D eigenvalue weighted by molar-refractivity contribution is 14.1. The van der Waals surface area contributed by atoms with Crippen molar-refractivity contribution >= 4 is 45.1 Å². The normalized spacial score (nSPS) is 9.79. The van der Waals surface area contributed by atoms with Crippen LogP contribution in [0.2, 0.25) is 0 Å². The molecule has 14 heavy (non-hydrogen) atoms. The predicted octanol–water partition coefficient (Wildman–Crippen LogP) is 3.41. The molecule has 0 aliphatic rings. The van der Waals surface area contributed by atoms with Crippen molar-refractivity contribution in [2.24, 2.45) is 4.99 Å². The maximum atomic E-state index is 10.3. The van der Waals surface area contributed by atoms with E-state index in [1.165, 1.54) is 0 Å². The monoisotopic (exact) mass is 295 g/mol. The first-order valence-corrected chi connectivity index (χ1v) is 5.16. The van der Waals surface area contributed by atoms with Crippen molar-refractivity contribution < 1.29 is 4.79 Å². The zero-order chi connectivity index (χ0) is 9.97. The van der Waals surface area contributed by atoms with Gasteiger partial charge in [-0.05, 0) is 34.0 Å². The Balaban J connectivity index is 2.89. The van der Waals surface area contributed by atoms with Crippen LogP contribution in [-0.2, 0) is 4.79 Å². The van der Waals surface area contributed by atoms with E-state index >= 15 is 0 Å². The first-order valence-electron chi connectivity index (χ1n) is 4.08. The minimum atomic E-state index is 0.707. The second-order valence-electron chi connectivity index (χ2n) is 2.82. The number of hydrogen-bond acceptors (Lipinski definition) is 2. The van der Waals surface area contributed by atoms with Crippen molar-refractivity contribution in [2.75, 3.05) is 0 Å². The van der Waals surface area contributed by atoms with Crippen LogP contribution in [0, 0.1) is 3.57 Å². The predicted molar refractivity (Wildman–Crippen MR) is 64.4 cm³/mol. The van der Waals surface area contributed by atoms with Gasteiger partial charge < -0.3 is 0 Å². The van der Waals surface area contributed by atoms with Crippen LogP contribution in [0.5, 0.6) is 0 Å². The highest BCUT2D eigenvalue weighted by Crippen LogP contribution is 2.30. The van der Waals surface area contributed by atoms with Crippen molar-refractivity contribution in [1.82, 2.24) is 0 Å². The van der Waals surface area contributed by atoms with E-state index in [1.807, 2.05) is 36.4 Å². The van der Waals surface area contributed by atoms with Gasteiger partial charge in [0.1, 0.15) is 0 Å². The molecule has 0 saturated carbocycles. The summed E-state index contributed by atoms with van der Waals surface area (Å²) in [6.07, 6.45) is 1.59. The minimum Gasteiger partial charge on any atom is -0.211 e. The molecule has 3 heteroatoms. The molecule has 2 nitrogen and oxygen atoms in total. The quantitative estimate of drug-likeness (QED) is 0.450. The number of halogens is 1. The van der Waals surface area contributed by atoms with Gasteiger partial charge in [-0.15, -0.1) is 0 Å². The second kappa shape index (κ2) is 3.90. The Morgan fingerprint density at radius 2 is 1.93 bits per heavy atom. The molecular weight excluding hydrogens is 289 g/mol. The molecule has 0 saturated heterocycles. The fraction of sp³-hybridized carbons (Fsp3) is 0. The standard InChI is InChI=1S/C11H6INO/c12-10-6-5-8-3-1-2-4-9(8)11(10)13-7-14/h1-6H. The zero-order valence-corrected chi connectivity index (χ0v) is 9.36. The topological polar surface area (TPSA) is 29.4 Å². The summed E-state index contributed by atoms with van der Waals surface area (Å²) in [7, 11) is 0. The molecule has 68 valence electrons. The number of rotatable bonds is 1. The minimum absolute atomic E-state index is 0.707. The molecule has 0 aliphatic heterocycles. The van der Waals surface area contributed by atoms with E-state index in [9.17, 15) is 4.79 Å². The second-order valence-corrected chi connectivity index (χ2v) is 3.98. The van der Waals surface area contributed by atoms with Gasteiger partial charge in [-0.1, -0.05) is 30.3 Å². The lowest BCUT2D eigenvalue weighted by molar-refractivity contribution is 0.565. The molecule has 2 rings (SSSR count). The van der Waals surface area contributed by atoms with Gasteiger partial charge in [0, 0.05) is 8.96 Å². The third kappa shape index (κ3) is 1.56. The Labute approximate surface area is 94.8 Å². The molecule has 0 aromatic heterocycles. The maximum Gasteiger partial charge on any atom is 0.240 e. The number of nitrogens with zero attached hydrogens (tertiary/aromatic N) is 1. The number of isocyanates is 1. The van der Waals surface area contributed by atoms with Crippen LogP contribution in [0.25, 0.3) is 10.8 Å². The first-order chi connectivity index (χ1) is 6.83. The molecule has 0 fully saturated rings. The number of benzene rings is 2. The molecule has 0 N–H and O–H groups in total. The summed E-state index contributed by atoms with van der Waals surface area (Å²) in [5.74, 6) is 0. The lowest BCUT2D eigenvalue weighted by Gasteiger charge is -2.02. The third-order valence-corrected chi connectivity index (χ3v) is 2.88. The summed E-state index contributed by atoms with van der Waals surface area (Å²) >= 11 is 2.16. The molecule has 0 atom stereocenters. The van der Waals surface area contributed by atoms with Gasteiger partial charge in [-0.25, -0.2) is 4.79 Å². The highest BCUT2D eigenvalue weighted by atomic mass is 127. The molecule has 0 spiro atoms. The van der Waals surface area contributed by atoms with E-state index in [-0.39, 0.29) is 0 Å². The number of carbonyl (C=O) groups excluding carboxylic acids is 1. The van der Waals surface area contributed by atoms with E-state index in [2.05, 4.69) is 27.6 Å². The van der Waals surface area contributed by atoms with Crippen LogP contribution in [0.1, 0.15) is 0 Å². The molecule has 0 bridgehead atoms. The van der Waals surface area contributed by atoms with Crippen molar-refractivity contribution in [3.8, 4) is 0 Å². The summed E-state index contributed by atoms with van der Waals surface area (Å²) in [6, 6.07) is 11.8. The van der Waals surface area contributed by atoms with Crippen LogP contribution in [0.3, 0.4) is 0 Å². The van der Waals surface area contributed by atoms with E-state index in [0.29, 0.717) is 5.69 Å². The van der Waals surface area contributed by atoms with E-state index in [4.69, 9.17) is 0 Å². The van der Waals surface area contributed by atoms with Gasteiger partial charge in [-0.2, -0.15) is 4.99 Å². The van der Waals surface area contributed by atoms with Gasteiger partial charge in [-0.3, -0.25) is 0 Å². The molecule has 2 aromatic rings. The average molecular weight is 295 g/mol. The Morgan fingerprint density at radius 3 is 2.71 bits per heavy atom. The van der Waals surface area contributed by atoms with Crippen molar-refractivity contribution in [1.29, 1.82) is 0 Å². The number of hydrogen-bond donors (Lipinski definition) is 0. The van der Waals surface area contributed by atoms with Crippen LogP contribution < -0.4 is 0 Å². The SMILES string of the molecule is O=C=Nc1c(I)ccc2ccccc12. The number of fused-ring (bicyclic) bond motifs is 1. The molecule has 0 unspecified atom stereocenters. The lowest BCUT2D eigenvalue weighted by Crippen LogP contribution is -1.77. The fourth-order valence-corrected chi connectivity index (χ4v) is 1.98. The largest absolute Gasteiger partial charge is 0.240 e. The third-order valence-electron chi connectivity index (χ3n) is 2.01. The van der Waals surface area contributed by atoms with Crippen molar-refractivity contribution in [2.45, 2.75) is 0 Å². The van der Waals surface area contributed by atoms with Gasteiger partial charge in [0.15, 0.2) is 0 Å². The van der Waals surface area contributed by atoms with Gasteiger partial charge >= 0.3 is 0 Å². The summed E-state index contributed by atoms with van der Waals surface area (Å²) in [5, 5.41) is 2.07. The van der Waals surface area contributed by atoms with E-state index in [0.717, 1.165) is 14.3 Å². The highest BCUT2D eigenvalue weighted by Gasteiger charge is 2.03. The van der Waals surface area contributed by atoms with Crippen molar-refractivity contribution in [3.63, 3.8) is 0 Å². The zero-order valence-electron chi connectivity index (χ0n) is 7.20.